The number of nitrogens with one attached hydrogen (secondary N) is 2. The number of fused-ring (bicyclic) bond motifs is 1. The predicted molar refractivity (Wildman–Crippen MR) is 77.2 cm³/mol. The van der Waals surface area contributed by atoms with Crippen molar-refractivity contribution in [3.05, 3.63) is 47.8 Å². The van der Waals surface area contributed by atoms with Gasteiger partial charge in [0.2, 0.25) is 0 Å². The maximum atomic E-state index is 13.0. The van der Waals surface area contributed by atoms with E-state index in [4.69, 9.17) is 0 Å². The number of rotatable bonds is 4. The summed E-state index contributed by atoms with van der Waals surface area (Å²) in [4.78, 5) is 9.77. The van der Waals surface area contributed by atoms with Crippen molar-refractivity contribution in [1.29, 1.82) is 0 Å². The molecule has 0 saturated heterocycles. The molecule has 0 bridgehead atoms. The van der Waals surface area contributed by atoms with Crippen LogP contribution in [-0.2, 0) is 13.0 Å². The highest BCUT2D eigenvalue weighted by atomic mass is 19.1. The van der Waals surface area contributed by atoms with Crippen LogP contribution in [0.2, 0.25) is 0 Å². The molecule has 1 unspecified atom stereocenters. The number of nitrogens with zero attached hydrogens (tertiary/aromatic N) is 2. The van der Waals surface area contributed by atoms with Crippen LogP contribution < -0.4 is 10.2 Å². The van der Waals surface area contributed by atoms with Crippen LogP contribution in [0.25, 0.3) is 0 Å². The van der Waals surface area contributed by atoms with Crippen molar-refractivity contribution in [2.45, 2.75) is 25.9 Å². The molecule has 2 N–H and O–H groups in total. The number of halogens is 1. The Labute approximate surface area is 118 Å². The molecule has 1 atom stereocenters. The van der Waals surface area contributed by atoms with Crippen LogP contribution in [0.5, 0.6) is 0 Å². The molecule has 4 nitrogen and oxygen atoms in total. The van der Waals surface area contributed by atoms with E-state index in [1.54, 1.807) is 6.33 Å². The summed E-state index contributed by atoms with van der Waals surface area (Å²) in [5.41, 5.74) is 3.40. The zero-order chi connectivity index (χ0) is 13.9. The average molecular weight is 274 g/mol. The second kappa shape index (κ2) is 5.63. The number of imidazole rings is 1. The zero-order valence-corrected chi connectivity index (χ0v) is 11.6. The lowest BCUT2D eigenvalue weighted by Gasteiger charge is -2.31. The first-order chi connectivity index (χ1) is 9.76. The molecule has 1 aliphatic heterocycles. The lowest BCUT2D eigenvalue weighted by molar-refractivity contribution is 0.466. The van der Waals surface area contributed by atoms with Gasteiger partial charge >= 0.3 is 0 Å². The van der Waals surface area contributed by atoms with Crippen molar-refractivity contribution in [2.75, 3.05) is 18.0 Å². The van der Waals surface area contributed by atoms with E-state index in [0.717, 1.165) is 37.4 Å². The van der Waals surface area contributed by atoms with E-state index in [-0.39, 0.29) is 5.82 Å². The normalized spacial score (nSPS) is 17.8. The highest BCUT2D eigenvalue weighted by molar-refractivity contribution is 5.46. The fraction of sp³-hybridized carbons (Fsp3) is 0.400. The van der Waals surface area contributed by atoms with Crippen molar-refractivity contribution in [1.82, 2.24) is 15.3 Å². The smallest absolute Gasteiger partial charge is 0.123 e. The van der Waals surface area contributed by atoms with Gasteiger partial charge in [-0.3, -0.25) is 0 Å². The molecule has 0 saturated carbocycles. The summed E-state index contributed by atoms with van der Waals surface area (Å²) < 4.78 is 13.0. The molecule has 106 valence electrons. The molecule has 3 rings (SSSR count). The number of anilines is 1. The third-order valence-electron chi connectivity index (χ3n) is 3.83. The van der Waals surface area contributed by atoms with Crippen LogP contribution in [0.15, 0.2) is 30.6 Å². The van der Waals surface area contributed by atoms with Crippen LogP contribution in [0.3, 0.4) is 0 Å². The van der Waals surface area contributed by atoms with Crippen LogP contribution in [0, 0.1) is 5.82 Å². The van der Waals surface area contributed by atoms with E-state index < -0.39 is 0 Å². The van der Waals surface area contributed by atoms with Gasteiger partial charge in [0.05, 0.1) is 17.7 Å². The fourth-order valence-corrected chi connectivity index (χ4v) is 2.69. The predicted octanol–water partition coefficient (Wildman–Crippen LogP) is 2.09. The van der Waals surface area contributed by atoms with Crippen LogP contribution in [0.4, 0.5) is 10.1 Å². The lowest BCUT2D eigenvalue weighted by Crippen LogP contribution is -2.44. The van der Waals surface area contributed by atoms with Gasteiger partial charge < -0.3 is 15.2 Å². The number of aromatic amines is 1. The monoisotopic (exact) mass is 274 g/mol. The van der Waals surface area contributed by atoms with Crippen molar-refractivity contribution in [3.8, 4) is 0 Å². The second-order valence-corrected chi connectivity index (χ2v) is 5.12. The summed E-state index contributed by atoms with van der Waals surface area (Å²) in [5, 5.41) is 3.52. The van der Waals surface area contributed by atoms with E-state index in [9.17, 15) is 4.39 Å². The molecular formula is C15H19FN4. The number of hydrogen-bond acceptors (Lipinski definition) is 3. The maximum Gasteiger partial charge on any atom is 0.123 e. The molecule has 1 aromatic carbocycles. The Hall–Kier alpha value is -1.88. The topological polar surface area (TPSA) is 44.0 Å². The Kier molecular flexibility index (Phi) is 3.69. The summed E-state index contributed by atoms with van der Waals surface area (Å²) in [7, 11) is 0. The number of benzene rings is 1. The molecule has 20 heavy (non-hydrogen) atoms. The Balaban J connectivity index is 1.68. The van der Waals surface area contributed by atoms with Gasteiger partial charge in [0, 0.05) is 37.8 Å². The zero-order valence-electron chi connectivity index (χ0n) is 11.6. The highest BCUT2D eigenvalue weighted by Crippen LogP contribution is 2.18. The van der Waals surface area contributed by atoms with Gasteiger partial charge in [0.25, 0.3) is 0 Å². The molecule has 2 heterocycles. The van der Waals surface area contributed by atoms with E-state index in [0.29, 0.717) is 6.04 Å². The van der Waals surface area contributed by atoms with Gasteiger partial charge in [-0.1, -0.05) is 0 Å². The molecule has 0 amide bonds. The molecule has 0 fully saturated rings. The first-order valence-electron chi connectivity index (χ1n) is 7.01. The van der Waals surface area contributed by atoms with Crippen molar-refractivity contribution < 1.29 is 4.39 Å². The second-order valence-electron chi connectivity index (χ2n) is 5.12. The molecule has 0 spiro atoms. The molecule has 1 aliphatic rings. The average Bonchev–Trinajstić information content (AvgIpc) is 2.93. The Bertz CT molecular complexity index is 564. The number of likely N-dealkylation sites (N-methyl/N-ethyl adjacent to an activating group) is 1. The quantitative estimate of drug-likeness (QED) is 0.897. The van der Waals surface area contributed by atoms with Gasteiger partial charge in [-0.25, -0.2) is 9.37 Å². The van der Waals surface area contributed by atoms with E-state index in [2.05, 4.69) is 27.1 Å². The minimum absolute atomic E-state index is 0.193. The highest BCUT2D eigenvalue weighted by Gasteiger charge is 2.21. The molecular weight excluding hydrogens is 255 g/mol. The Morgan fingerprint density at radius 1 is 1.35 bits per heavy atom. The van der Waals surface area contributed by atoms with E-state index in [1.807, 2.05) is 12.1 Å². The van der Waals surface area contributed by atoms with Gasteiger partial charge in [-0.05, 0) is 31.2 Å². The SMILES string of the molecule is CCN(CC1Cc2nc[nH]c2CN1)c1ccc(F)cc1. The summed E-state index contributed by atoms with van der Waals surface area (Å²) in [5.74, 6) is -0.193. The first-order valence-corrected chi connectivity index (χ1v) is 7.01. The largest absolute Gasteiger partial charge is 0.370 e. The summed E-state index contributed by atoms with van der Waals surface area (Å²) in [6.45, 7) is 4.75. The fourth-order valence-electron chi connectivity index (χ4n) is 2.69. The first kappa shape index (κ1) is 13.1. The Morgan fingerprint density at radius 2 is 2.15 bits per heavy atom. The molecule has 2 aromatic rings. The standard InChI is InChI=1S/C15H19FN4/c1-2-20(13-5-3-11(16)4-6-13)9-12-7-14-15(8-17-12)19-10-18-14/h3-6,10,12,17H,2,7-9H2,1H3,(H,18,19). The summed E-state index contributed by atoms with van der Waals surface area (Å²) >= 11 is 0. The van der Waals surface area contributed by atoms with Crippen molar-refractivity contribution >= 4 is 5.69 Å². The van der Waals surface area contributed by atoms with Gasteiger partial charge in [0.15, 0.2) is 0 Å². The van der Waals surface area contributed by atoms with E-state index in [1.165, 1.54) is 17.8 Å². The van der Waals surface area contributed by atoms with Crippen molar-refractivity contribution in [2.24, 2.45) is 0 Å². The van der Waals surface area contributed by atoms with Crippen LogP contribution in [-0.4, -0.2) is 29.1 Å². The summed E-state index contributed by atoms with van der Waals surface area (Å²) in [6.07, 6.45) is 2.68. The molecule has 0 aliphatic carbocycles. The third-order valence-corrected chi connectivity index (χ3v) is 3.83. The number of hydrogen-bond donors (Lipinski definition) is 2. The molecule has 5 heteroatoms. The minimum atomic E-state index is -0.193. The number of H-pyrrole nitrogens is 1. The molecule has 0 radical (unpaired) electrons. The van der Waals surface area contributed by atoms with Gasteiger partial charge in [0.1, 0.15) is 5.82 Å². The van der Waals surface area contributed by atoms with Gasteiger partial charge in [-0.2, -0.15) is 0 Å². The van der Waals surface area contributed by atoms with Crippen LogP contribution in [0.1, 0.15) is 18.3 Å². The Morgan fingerprint density at radius 3 is 2.90 bits per heavy atom. The van der Waals surface area contributed by atoms with E-state index >= 15 is 0 Å². The maximum absolute atomic E-state index is 13.0. The van der Waals surface area contributed by atoms with Gasteiger partial charge in [-0.15, -0.1) is 0 Å². The van der Waals surface area contributed by atoms with Crippen LogP contribution >= 0.6 is 0 Å². The molecule has 1 aromatic heterocycles. The lowest BCUT2D eigenvalue weighted by atomic mass is 10.0. The minimum Gasteiger partial charge on any atom is -0.370 e. The summed E-state index contributed by atoms with van der Waals surface area (Å²) in [6, 6.07) is 7.07. The number of aromatic nitrogens is 2. The van der Waals surface area contributed by atoms with Crippen molar-refractivity contribution in [3.63, 3.8) is 0 Å². The third kappa shape index (κ3) is 2.67.